The van der Waals surface area contributed by atoms with Crippen molar-refractivity contribution in [3.8, 4) is 0 Å². The number of nitrogens with two attached hydrogens (primary N) is 1. The number of thiocarbonyl (C=S) groups is 1. The number of benzene rings is 1. The third-order valence-electron chi connectivity index (χ3n) is 2.76. The van der Waals surface area contributed by atoms with Crippen LogP contribution in [0, 0.1) is 0 Å². The van der Waals surface area contributed by atoms with Gasteiger partial charge in [-0.1, -0.05) is 23.8 Å². The summed E-state index contributed by atoms with van der Waals surface area (Å²) in [5.74, 6) is 0. The van der Waals surface area contributed by atoms with E-state index in [0.717, 1.165) is 30.8 Å². The van der Waals surface area contributed by atoms with Crippen LogP contribution < -0.4 is 10.6 Å². The van der Waals surface area contributed by atoms with Crippen molar-refractivity contribution in [2.75, 3.05) is 39.1 Å². The third kappa shape index (κ3) is 4.44. The molecule has 0 aromatic heterocycles. The van der Waals surface area contributed by atoms with Gasteiger partial charge in [-0.2, -0.15) is 0 Å². The van der Waals surface area contributed by atoms with Gasteiger partial charge in [0, 0.05) is 24.8 Å². The number of anilines is 1. The molecule has 0 aliphatic rings. The molecule has 0 unspecified atom stereocenters. The fourth-order valence-corrected chi connectivity index (χ4v) is 2.21. The number of hydrogen-bond acceptors (Lipinski definition) is 3. The topological polar surface area (TPSA) is 32.5 Å². The van der Waals surface area contributed by atoms with Crippen molar-refractivity contribution in [3.05, 3.63) is 28.8 Å². The van der Waals surface area contributed by atoms with Crippen molar-refractivity contribution < 1.29 is 0 Å². The van der Waals surface area contributed by atoms with Crippen molar-refractivity contribution in [3.63, 3.8) is 0 Å². The highest BCUT2D eigenvalue weighted by molar-refractivity contribution is 7.80. The highest BCUT2D eigenvalue weighted by atomic mass is 35.5. The van der Waals surface area contributed by atoms with Gasteiger partial charge in [-0.15, -0.1) is 0 Å². The molecule has 1 aromatic carbocycles. The van der Waals surface area contributed by atoms with E-state index in [2.05, 4.69) is 30.9 Å². The summed E-state index contributed by atoms with van der Waals surface area (Å²) in [6.45, 7) is 2.06. The second kappa shape index (κ2) is 6.92. The van der Waals surface area contributed by atoms with Crippen LogP contribution in [0.5, 0.6) is 0 Å². The molecule has 0 amide bonds. The molecular weight excluding hydrogens is 266 g/mol. The highest BCUT2D eigenvalue weighted by Gasteiger charge is 2.07. The van der Waals surface area contributed by atoms with E-state index in [1.807, 2.05) is 18.2 Å². The molecule has 1 aromatic rings. The van der Waals surface area contributed by atoms with E-state index in [9.17, 15) is 0 Å². The Morgan fingerprint density at radius 2 is 1.94 bits per heavy atom. The van der Waals surface area contributed by atoms with Crippen LogP contribution >= 0.6 is 23.8 Å². The van der Waals surface area contributed by atoms with Crippen LogP contribution in [0.15, 0.2) is 18.2 Å². The summed E-state index contributed by atoms with van der Waals surface area (Å²) in [5.41, 5.74) is 7.40. The molecule has 5 heteroatoms. The normalized spacial score (nSPS) is 10.7. The van der Waals surface area contributed by atoms with Crippen LogP contribution in [0.3, 0.4) is 0 Å². The molecule has 2 N–H and O–H groups in total. The van der Waals surface area contributed by atoms with Crippen molar-refractivity contribution >= 4 is 34.5 Å². The van der Waals surface area contributed by atoms with E-state index in [1.54, 1.807) is 0 Å². The van der Waals surface area contributed by atoms with E-state index < -0.39 is 0 Å². The minimum Gasteiger partial charge on any atom is -0.389 e. The monoisotopic (exact) mass is 285 g/mol. The summed E-state index contributed by atoms with van der Waals surface area (Å²) in [6.07, 6.45) is 1.11. The lowest BCUT2D eigenvalue weighted by Gasteiger charge is -2.21. The summed E-state index contributed by atoms with van der Waals surface area (Å²) >= 11 is 11.1. The van der Waals surface area contributed by atoms with Crippen LogP contribution in [0.25, 0.3) is 0 Å². The Bertz CT molecular complexity index is 421. The Labute approximate surface area is 120 Å². The van der Waals surface area contributed by atoms with Gasteiger partial charge < -0.3 is 15.5 Å². The molecular formula is C13H20ClN3S. The molecule has 0 aliphatic heterocycles. The first-order chi connectivity index (χ1) is 8.41. The summed E-state index contributed by atoms with van der Waals surface area (Å²) in [5, 5.41) is 0.611. The number of halogens is 1. The molecule has 0 fully saturated rings. The lowest BCUT2D eigenvalue weighted by atomic mass is 10.2. The smallest absolute Gasteiger partial charge is 0.105 e. The molecule has 0 saturated heterocycles. The molecule has 0 saturated carbocycles. The molecule has 0 radical (unpaired) electrons. The van der Waals surface area contributed by atoms with Gasteiger partial charge in [-0.3, -0.25) is 0 Å². The summed E-state index contributed by atoms with van der Waals surface area (Å²) in [7, 11) is 6.21. The molecule has 18 heavy (non-hydrogen) atoms. The van der Waals surface area contributed by atoms with Crippen LogP contribution in [0.1, 0.15) is 12.0 Å². The summed E-state index contributed by atoms with van der Waals surface area (Å²) < 4.78 is 0. The molecule has 0 atom stereocenters. The average Bonchev–Trinajstić information content (AvgIpc) is 2.27. The lowest BCUT2D eigenvalue weighted by molar-refractivity contribution is 0.401. The zero-order chi connectivity index (χ0) is 13.7. The third-order valence-corrected chi connectivity index (χ3v) is 3.29. The Morgan fingerprint density at radius 3 is 2.44 bits per heavy atom. The number of hydrogen-bond donors (Lipinski definition) is 1. The Morgan fingerprint density at radius 1 is 1.28 bits per heavy atom. The molecule has 100 valence electrons. The lowest BCUT2D eigenvalue weighted by Crippen LogP contribution is -2.23. The predicted molar refractivity (Wildman–Crippen MR) is 83.8 cm³/mol. The van der Waals surface area contributed by atoms with E-state index in [-0.39, 0.29) is 0 Å². The maximum atomic E-state index is 6.15. The fourth-order valence-electron chi connectivity index (χ4n) is 1.69. The van der Waals surface area contributed by atoms with Crippen LogP contribution in [-0.4, -0.2) is 44.1 Å². The van der Waals surface area contributed by atoms with Gasteiger partial charge in [0.05, 0.1) is 5.02 Å². The van der Waals surface area contributed by atoms with Gasteiger partial charge in [-0.25, -0.2) is 0 Å². The summed E-state index contributed by atoms with van der Waals surface area (Å²) in [4.78, 5) is 4.69. The van der Waals surface area contributed by atoms with E-state index in [4.69, 9.17) is 29.6 Å². The zero-order valence-corrected chi connectivity index (χ0v) is 12.7. The number of nitrogens with zero attached hydrogens (tertiary/aromatic N) is 2. The van der Waals surface area contributed by atoms with Gasteiger partial charge in [0.15, 0.2) is 0 Å². The first-order valence-corrected chi connectivity index (χ1v) is 6.65. The van der Waals surface area contributed by atoms with Gasteiger partial charge in [0.2, 0.25) is 0 Å². The maximum Gasteiger partial charge on any atom is 0.105 e. The quantitative estimate of drug-likeness (QED) is 0.814. The minimum absolute atomic E-state index is 0.335. The standard InChI is InChI=1S/C13H20ClN3S/c1-16(2)7-4-8-17(3)10-5-6-11(13(15)18)12(14)9-10/h5-6,9H,4,7-8H2,1-3H3,(H2,15,18). The molecule has 0 aliphatic carbocycles. The molecule has 0 heterocycles. The molecule has 0 spiro atoms. The fraction of sp³-hybridized carbons (Fsp3) is 0.462. The number of rotatable bonds is 6. The van der Waals surface area contributed by atoms with Crippen LogP contribution in [-0.2, 0) is 0 Å². The van der Waals surface area contributed by atoms with Gasteiger partial charge >= 0.3 is 0 Å². The summed E-state index contributed by atoms with van der Waals surface area (Å²) in [6, 6.07) is 5.78. The van der Waals surface area contributed by atoms with Crippen molar-refractivity contribution in [1.29, 1.82) is 0 Å². The minimum atomic E-state index is 0.335. The van der Waals surface area contributed by atoms with Gasteiger partial charge in [0.1, 0.15) is 4.99 Å². The van der Waals surface area contributed by atoms with E-state index in [0.29, 0.717) is 10.0 Å². The van der Waals surface area contributed by atoms with Gasteiger partial charge in [0.25, 0.3) is 0 Å². The SMILES string of the molecule is CN(C)CCCN(C)c1ccc(C(N)=S)c(Cl)c1. The second-order valence-corrected chi connectivity index (χ2v) is 5.45. The first kappa shape index (κ1) is 15.2. The molecule has 3 nitrogen and oxygen atoms in total. The highest BCUT2D eigenvalue weighted by Crippen LogP contribution is 2.23. The zero-order valence-electron chi connectivity index (χ0n) is 11.1. The molecule has 0 bridgehead atoms. The van der Waals surface area contributed by atoms with Crippen molar-refractivity contribution in [1.82, 2.24) is 4.90 Å². The van der Waals surface area contributed by atoms with Crippen LogP contribution in [0.2, 0.25) is 5.02 Å². The predicted octanol–water partition coefficient (Wildman–Crippen LogP) is 2.36. The van der Waals surface area contributed by atoms with Crippen LogP contribution in [0.4, 0.5) is 5.69 Å². The second-order valence-electron chi connectivity index (χ2n) is 4.61. The van der Waals surface area contributed by atoms with Crippen molar-refractivity contribution in [2.24, 2.45) is 5.73 Å². The largest absolute Gasteiger partial charge is 0.389 e. The van der Waals surface area contributed by atoms with E-state index >= 15 is 0 Å². The first-order valence-electron chi connectivity index (χ1n) is 5.87. The van der Waals surface area contributed by atoms with Gasteiger partial charge in [-0.05, 0) is 45.3 Å². The maximum absolute atomic E-state index is 6.15. The van der Waals surface area contributed by atoms with E-state index in [1.165, 1.54) is 0 Å². The Hall–Kier alpha value is -0.840. The van der Waals surface area contributed by atoms with Crippen molar-refractivity contribution in [2.45, 2.75) is 6.42 Å². The Balaban J connectivity index is 2.66. The molecule has 1 rings (SSSR count). The average molecular weight is 286 g/mol. The Kier molecular flexibility index (Phi) is 5.85.